The molecule has 0 spiro atoms. The molecule has 7 heteroatoms. The summed E-state index contributed by atoms with van der Waals surface area (Å²) in [6.07, 6.45) is 0. The van der Waals surface area contributed by atoms with Crippen LogP contribution in [0.25, 0.3) is 11.0 Å². The van der Waals surface area contributed by atoms with Crippen molar-refractivity contribution in [2.45, 2.75) is 30.8 Å². The molecule has 0 aliphatic rings. The van der Waals surface area contributed by atoms with Crippen molar-refractivity contribution >= 4 is 28.6 Å². The average Bonchev–Trinajstić information content (AvgIpc) is 2.94. The predicted molar refractivity (Wildman–Crippen MR) is 93.0 cm³/mol. The number of aryl methyl sites for hydroxylation is 1. The van der Waals surface area contributed by atoms with Crippen LogP contribution in [-0.4, -0.2) is 21.1 Å². The first-order valence-corrected chi connectivity index (χ1v) is 8.39. The van der Waals surface area contributed by atoms with E-state index in [1.54, 1.807) is 13.8 Å². The van der Waals surface area contributed by atoms with Crippen molar-refractivity contribution in [2.75, 3.05) is 0 Å². The zero-order valence-electron chi connectivity index (χ0n) is 13.3. The normalized spacial score (nSPS) is 12.2. The van der Waals surface area contributed by atoms with Crippen LogP contribution < -0.4 is 10.9 Å². The van der Waals surface area contributed by atoms with Gasteiger partial charge in [0.1, 0.15) is 11.3 Å². The summed E-state index contributed by atoms with van der Waals surface area (Å²) in [5.41, 5.74) is 1.20. The summed E-state index contributed by atoms with van der Waals surface area (Å²) < 4.78 is 5.67. The molecular weight excluding hydrogens is 326 g/mol. The van der Waals surface area contributed by atoms with Crippen LogP contribution in [0, 0.1) is 6.92 Å². The van der Waals surface area contributed by atoms with E-state index in [9.17, 15) is 9.59 Å². The zero-order valence-corrected chi connectivity index (χ0v) is 14.1. The third-order valence-electron chi connectivity index (χ3n) is 3.42. The number of hydrogen-bond acceptors (Lipinski definition) is 5. The Labute approximate surface area is 142 Å². The molecule has 0 radical (unpaired) electrons. The molecular formula is C17H17N3O3S. The number of nitrogens with zero attached hydrogens (tertiary/aromatic N) is 1. The van der Waals surface area contributed by atoms with Crippen LogP contribution in [0.4, 0.5) is 0 Å². The smallest absolute Gasteiger partial charge is 0.251 e. The van der Waals surface area contributed by atoms with Gasteiger partial charge in [-0.25, -0.2) is 4.98 Å². The molecule has 2 heterocycles. The molecule has 0 bridgehead atoms. The van der Waals surface area contributed by atoms with E-state index in [1.807, 2.05) is 30.3 Å². The van der Waals surface area contributed by atoms with E-state index < -0.39 is 0 Å². The van der Waals surface area contributed by atoms with Crippen molar-refractivity contribution in [3.8, 4) is 0 Å². The molecule has 0 saturated heterocycles. The van der Waals surface area contributed by atoms with Crippen LogP contribution in [0.2, 0.25) is 0 Å². The van der Waals surface area contributed by atoms with Gasteiger partial charge in [-0.3, -0.25) is 9.59 Å². The average molecular weight is 343 g/mol. The number of fused-ring (bicyclic) bond motifs is 1. The number of aromatic nitrogens is 2. The Hall–Kier alpha value is -2.54. The van der Waals surface area contributed by atoms with E-state index in [-0.39, 0.29) is 16.7 Å². The molecule has 3 aromatic rings. The van der Waals surface area contributed by atoms with E-state index in [1.165, 1.54) is 17.8 Å². The molecule has 2 aromatic heterocycles. The third-order valence-corrected chi connectivity index (χ3v) is 4.40. The number of thioether (sulfide) groups is 1. The maximum atomic E-state index is 12.2. The number of amides is 1. The topological polar surface area (TPSA) is 88.0 Å². The molecule has 1 atom stereocenters. The summed E-state index contributed by atoms with van der Waals surface area (Å²) in [7, 11) is 0. The predicted octanol–water partition coefficient (Wildman–Crippen LogP) is 2.62. The van der Waals surface area contributed by atoms with Crippen LogP contribution in [0.1, 0.15) is 18.4 Å². The number of aromatic amines is 1. The first kappa shape index (κ1) is 16.3. The SMILES string of the molecule is Cc1cc(=O)[nH]c(SC(C)C(=O)NCc2cc3ccccc3o2)n1. The summed E-state index contributed by atoms with van der Waals surface area (Å²) >= 11 is 1.21. The maximum Gasteiger partial charge on any atom is 0.251 e. The molecule has 124 valence electrons. The number of carbonyl (C=O) groups is 1. The largest absolute Gasteiger partial charge is 0.459 e. The maximum absolute atomic E-state index is 12.2. The Morgan fingerprint density at radius 3 is 2.92 bits per heavy atom. The van der Waals surface area contributed by atoms with Crippen molar-refractivity contribution < 1.29 is 9.21 Å². The van der Waals surface area contributed by atoms with Crippen molar-refractivity contribution in [1.82, 2.24) is 15.3 Å². The quantitative estimate of drug-likeness (QED) is 0.549. The number of nitrogens with one attached hydrogen (secondary N) is 2. The highest BCUT2D eigenvalue weighted by atomic mass is 32.2. The fraction of sp³-hybridized carbons (Fsp3) is 0.235. The minimum atomic E-state index is -0.390. The fourth-order valence-corrected chi connectivity index (χ4v) is 3.15. The first-order chi connectivity index (χ1) is 11.5. The molecule has 6 nitrogen and oxygen atoms in total. The van der Waals surface area contributed by atoms with Crippen LogP contribution in [0.3, 0.4) is 0 Å². The summed E-state index contributed by atoms with van der Waals surface area (Å²) in [6, 6.07) is 11.0. The molecule has 3 rings (SSSR count). The van der Waals surface area contributed by atoms with Gasteiger partial charge in [0.2, 0.25) is 5.91 Å². The first-order valence-electron chi connectivity index (χ1n) is 7.51. The lowest BCUT2D eigenvalue weighted by Gasteiger charge is -2.10. The van der Waals surface area contributed by atoms with Crippen molar-refractivity contribution in [3.05, 3.63) is 58.2 Å². The minimum Gasteiger partial charge on any atom is -0.459 e. The molecule has 1 aromatic carbocycles. The Morgan fingerprint density at radius 2 is 2.17 bits per heavy atom. The lowest BCUT2D eigenvalue weighted by atomic mass is 10.2. The summed E-state index contributed by atoms with van der Waals surface area (Å²) in [6.45, 7) is 3.82. The lowest BCUT2D eigenvalue weighted by Crippen LogP contribution is -2.30. The number of H-pyrrole nitrogens is 1. The molecule has 0 aliphatic carbocycles. The van der Waals surface area contributed by atoms with Crippen LogP contribution in [0.5, 0.6) is 0 Å². The molecule has 1 unspecified atom stereocenters. The highest BCUT2D eigenvalue weighted by Crippen LogP contribution is 2.20. The Kier molecular flexibility index (Phi) is 4.71. The number of carbonyl (C=O) groups excluding carboxylic acids is 1. The summed E-state index contributed by atoms with van der Waals surface area (Å²) in [4.78, 5) is 30.5. The molecule has 24 heavy (non-hydrogen) atoms. The Morgan fingerprint density at radius 1 is 1.38 bits per heavy atom. The number of hydrogen-bond donors (Lipinski definition) is 2. The molecule has 1 amide bonds. The molecule has 0 fully saturated rings. The van der Waals surface area contributed by atoms with Crippen molar-refractivity contribution in [2.24, 2.45) is 0 Å². The third kappa shape index (κ3) is 3.86. The van der Waals surface area contributed by atoms with E-state index in [0.717, 1.165) is 11.0 Å². The number of rotatable bonds is 5. The van der Waals surface area contributed by atoms with Gasteiger partial charge in [0.15, 0.2) is 5.16 Å². The van der Waals surface area contributed by atoms with E-state index in [4.69, 9.17) is 4.42 Å². The standard InChI is InChI=1S/C17H17N3O3S/c1-10-7-15(21)20-17(19-10)24-11(2)16(22)18-9-13-8-12-5-3-4-6-14(12)23-13/h3-8,11H,9H2,1-2H3,(H,18,22)(H,19,20,21). The second-order valence-corrected chi connectivity index (χ2v) is 6.75. The van der Waals surface area contributed by atoms with Crippen LogP contribution in [-0.2, 0) is 11.3 Å². The van der Waals surface area contributed by atoms with Crippen molar-refractivity contribution in [1.29, 1.82) is 0 Å². The van der Waals surface area contributed by atoms with Gasteiger partial charge in [0, 0.05) is 17.1 Å². The van der Waals surface area contributed by atoms with Gasteiger partial charge in [-0.2, -0.15) is 0 Å². The van der Waals surface area contributed by atoms with Crippen LogP contribution in [0.15, 0.2) is 50.8 Å². The highest BCUT2D eigenvalue weighted by molar-refractivity contribution is 8.00. The number of furan rings is 1. The molecule has 2 N–H and O–H groups in total. The van der Waals surface area contributed by atoms with Crippen molar-refractivity contribution in [3.63, 3.8) is 0 Å². The van der Waals surface area contributed by atoms with Gasteiger partial charge >= 0.3 is 0 Å². The minimum absolute atomic E-state index is 0.149. The molecule has 0 aliphatic heterocycles. The molecule has 0 saturated carbocycles. The van der Waals surface area contributed by atoms with Gasteiger partial charge < -0.3 is 14.7 Å². The number of para-hydroxylation sites is 1. The zero-order chi connectivity index (χ0) is 17.1. The summed E-state index contributed by atoms with van der Waals surface area (Å²) in [5, 5.41) is 3.89. The lowest BCUT2D eigenvalue weighted by molar-refractivity contribution is -0.120. The van der Waals surface area contributed by atoms with Gasteiger partial charge in [0.05, 0.1) is 11.8 Å². The highest BCUT2D eigenvalue weighted by Gasteiger charge is 2.16. The van der Waals surface area contributed by atoms with Crippen LogP contribution >= 0.6 is 11.8 Å². The fourth-order valence-electron chi connectivity index (χ4n) is 2.27. The van der Waals surface area contributed by atoms with E-state index in [2.05, 4.69) is 15.3 Å². The second-order valence-electron chi connectivity index (χ2n) is 5.42. The van der Waals surface area contributed by atoms with Gasteiger partial charge in [-0.1, -0.05) is 30.0 Å². The van der Waals surface area contributed by atoms with Gasteiger partial charge in [-0.05, 0) is 26.0 Å². The van der Waals surface area contributed by atoms with Gasteiger partial charge in [-0.15, -0.1) is 0 Å². The van der Waals surface area contributed by atoms with Gasteiger partial charge in [0.25, 0.3) is 5.56 Å². The monoisotopic (exact) mass is 343 g/mol. The second kappa shape index (κ2) is 6.92. The van der Waals surface area contributed by atoms with E-state index >= 15 is 0 Å². The Balaban J connectivity index is 1.60. The van der Waals surface area contributed by atoms with E-state index in [0.29, 0.717) is 23.2 Å². The summed E-state index contributed by atoms with van der Waals surface area (Å²) in [5.74, 6) is 0.549. The number of benzene rings is 1. The Bertz CT molecular complexity index is 899.